The van der Waals surface area contributed by atoms with Crippen LogP contribution in [0.4, 0.5) is 0 Å². The van der Waals surface area contributed by atoms with Gasteiger partial charge in [0, 0.05) is 18.9 Å². The van der Waals surface area contributed by atoms with Gasteiger partial charge < -0.3 is 4.42 Å². The Morgan fingerprint density at radius 2 is 1.96 bits per heavy atom. The van der Waals surface area contributed by atoms with Crippen molar-refractivity contribution in [2.75, 3.05) is 12.3 Å². The minimum Gasteiger partial charge on any atom is -0.467 e. The topological polar surface area (TPSA) is 77.1 Å². The Balaban J connectivity index is 1.63. The SMILES string of the molecule is O=S(=O)(CCc1ccccc1)NC[C@H](c1ccco1)n1cccn1. The molecule has 0 saturated heterocycles. The lowest BCUT2D eigenvalue weighted by molar-refractivity contribution is 0.402. The molecular weight excluding hydrogens is 326 g/mol. The third kappa shape index (κ3) is 4.33. The van der Waals surface area contributed by atoms with Crippen LogP contribution in [0, 0.1) is 0 Å². The van der Waals surface area contributed by atoms with E-state index in [1.165, 1.54) is 0 Å². The minimum atomic E-state index is -3.39. The van der Waals surface area contributed by atoms with E-state index in [2.05, 4.69) is 9.82 Å². The monoisotopic (exact) mass is 345 g/mol. The zero-order chi connectivity index (χ0) is 16.8. The summed E-state index contributed by atoms with van der Waals surface area (Å²) in [6.45, 7) is 0.187. The summed E-state index contributed by atoms with van der Waals surface area (Å²) >= 11 is 0. The second kappa shape index (κ2) is 7.46. The summed E-state index contributed by atoms with van der Waals surface area (Å²) in [5.41, 5.74) is 0.998. The molecule has 0 fully saturated rings. The quantitative estimate of drug-likeness (QED) is 0.679. The Kier molecular flexibility index (Phi) is 5.12. The second-order valence-corrected chi connectivity index (χ2v) is 7.35. The molecule has 1 N–H and O–H groups in total. The fraction of sp³-hybridized carbons (Fsp3) is 0.235. The molecule has 2 heterocycles. The molecule has 0 amide bonds. The summed E-state index contributed by atoms with van der Waals surface area (Å²) in [4.78, 5) is 0. The number of furan rings is 1. The maximum Gasteiger partial charge on any atom is 0.212 e. The molecule has 6 nitrogen and oxygen atoms in total. The van der Waals surface area contributed by atoms with E-state index >= 15 is 0 Å². The molecular formula is C17H19N3O3S. The molecule has 3 rings (SSSR count). The van der Waals surface area contributed by atoms with Crippen molar-refractivity contribution < 1.29 is 12.8 Å². The first-order valence-corrected chi connectivity index (χ1v) is 9.33. The predicted octanol–water partition coefficient (Wildman–Crippen LogP) is 2.23. The molecule has 0 aliphatic carbocycles. The number of rotatable bonds is 8. The van der Waals surface area contributed by atoms with Gasteiger partial charge in [0.15, 0.2) is 0 Å². The van der Waals surface area contributed by atoms with Crippen molar-refractivity contribution in [2.45, 2.75) is 12.5 Å². The summed E-state index contributed by atoms with van der Waals surface area (Å²) in [6, 6.07) is 14.6. The van der Waals surface area contributed by atoms with Crippen molar-refractivity contribution in [2.24, 2.45) is 0 Å². The molecule has 126 valence electrons. The molecule has 0 unspecified atom stereocenters. The van der Waals surface area contributed by atoms with Crippen molar-refractivity contribution in [1.29, 1.82) is 0 Å². The summed E-state index contributed by atoms with van der Waals surface area (Å²) < 4.78 is 34.3. The van der Waals surface area contributed by atoms with Crippen LogP contribution in [0.25, 0.3) is 0 Å². The maximum absolute atomic E-state index is 12.3. The average Bonchev–Trinajstić information content (AvgIpc) is 3.28. The first-order chi connectivity index (χ1) is 11.6. The number of nitrogens with zero attached hydrogens (tertiary/aromatic N) is 2. The fourth-order valence-corrected chi connectivity index (χ4v) is 3.51. The Morgan fingerprint density at radius 3 is 2.62 bits per heavy atom. The summed E-state index contributed by atoms with van der Waals surface area (Å²) in [5, 5.41) is 4.19. The van der Waals surface area contributed by atoms with Gasteiger partial charge in [0.1, 0.15) is 11.8 Å². The van der Waals surface area contributed by atoms with Crippen LogP contribution < -0.4 is 4.72 Å². The standard InChI is InChI=1S/C17H19N3O3S/c21-24(22,13-9-15-6-2-1-3-7-15)19-14-16(17-8-4-12-23-17)20-11-5-10-18-20/h1-8,10-12,16,19H,9,13-14H2/t16-/m1/s1. The van der Waals surface area contributed by atoms with E-state index in [0.717, 1.165) is 5.56 Å². The van der Waals surface area contributed by atoms with Crippen LogP contribution in [0.2, 0.25) is 0 Å². The smallest absolute Gasteiger partial charge is 0.212 e. The van der Waals surface area contributed by atoms with Crippen molar-refractivity contribution in [3.8, 4) is 0 Å². The third-order valence-corrected chi connectivity index (χ3v) is 5.06. The van der Waals surface area contributed by atoms with Crippen LogP contribution in [0.1, 0.15) is 17.4 Å². The average molecular weight is 345 g/mol. The summed E-state index contributed by atoms with van der Waals surface area (Å²) in [7, 11) is -3.39. The normalized spacial score (nSPS) is 13.0. The van der Waals surface area contributed by atoms with E-state index < -0.39 is 10.0 Å². The van der Waals surface area contributed by atoms with Crippen LogP contribution in [0.15, 0.2) is 71.6 Å². The third-order valence-electron chi connectivity index (χ3n) is 3.71. The lowest BCUT2D eigenvalue weighted by atomic mass is 10.2. The molecule has 0 spiro atoms. The fourth-order valence-electron chi connectivity index (χ4n) is 2.45. The van der Waals surface area contributed by atoms with Gasteiger partial charge in [-0.25, -0.2) is 13.1 Å². The van der Waals surface area contributed by atoms with E-state index in [1.54, 1.807) is 35.5 Å². The molecule has 24 heavy (non-hydrogen) atoms. The highest BCUT2D eigenvalue weighted by atomic mass is 32.2. The number of sulfonamides is 1. The van der Waals surface area contributed by atoms with E-state index in [0.29, 0.717) is 12.2 Å². The Morgan fingerprint density at radius 1 is 1.12 bits per heavy atom. The number of hydrogen-bond donors (Lipinski definition) is 1. The highest BCUT2D eigenvalue weighted by Gasteiger charge is 2.20. The summed E-state index contributed by atoms with van der Waals surface area (Å²) in [5.74, 6) is 0.700. The van der Waals surface area contributed by atoms with Crippen LogP contribution in [-0.4, -0.2) is 30.5 Å². The molecule has 1 atom stereocenters. The van der Waals surface area contributed by atoms with Gasteiger partial charge in [-0.3, -0.25) is 4.68 Å². The number of nitrogens with one attached hydrogen (secondary N) is 1. The number of hydrogen-bond acceptors (Lipinski definition) is 4. The van der Waals surface area contributed by atoms with Crippen molar-refractivity contribution in [3.63, 3.8) is 0 Å². The predicted molar refractivity (Wildman–Crippen MR) is 91.0 cm³/mol. The molecule has 0 saturated carbocycles. The van der Waals surface area contributed by atoms with Gasteiger partial charge in [-0.2, -0.15) is 5.10 Å². The number of benzene rings is 1. The second-order valence-electron chi connectivity index (χ2n) is 5.42. The zero-order valence-corrected chi connectivity index (χ0v) is 13.9. The van der Waals surface area contributed by atoms with Gasteiger partial charge in [0.05, 0.1) is 12.0 Å². The van der Waals surface area contributed by atoms with E-state index in [1.807, 2.05) is 36.4 Å². The number of aryl methyl sites for hydroxylation is 1. The Hall–Kier alpha value is -2.38. The highest BCUT2D eigenvalue weighted by molar-refractivity contribution is 7.89. The molecule has 0 aliphatic rings. The van der Waals surface area contributed by atoms with E-state index in [9.17, 15) is 8.42 Å². The minimum absolute atomic E-state index is 0.0427. The Bertz CT molecular complexity index is 794. The van der Waals surface area contributed by atoms with Crippen LogP contribution in [-0.2, 0) is 16.4 Å². The van der Waals surface area contributed by atoms with E-state index in [-0.39, 0.29) is 18.3 Å². The summed E-state index contributed by atoms with van der Waals surface area (Å²) in [6.07, 6.45) is 5.48. The van der Waals surface area contributed by atoms with Gasteiger partial charge in [0.25, 0.3) is 0 Å². The lowest BCUT2D eigenvalue weighted by Crippen LogP contribution is -2.33. The molecule has 0 radical (unpaired) electrons. The van der Waals surface area contributed by atoms with Gasteiger partial charge in [-0.05, 0) is 30.2 Å². The van der Waals surface area contributed by atoms with Gasteiger partial charge in [-0.1, -0.05) is 30.3 Å². The van der Waals surface area contributed by atoms with Crippen molar-refractivity contribution >= 4 is 10.0 Å². The Labute approximate surface area is 141 Å². The van der Waals surface area contributed by atoms with Crippen LogP contribution in [0.3, 0.4) is 0 Å². The van der Waals surface area contributed by atoms with Gasteiger partial charge in [-0.15, -0.1) is 0 Å². The van der Waals surface area contributed by atoms with Crippen molar-refractivity contribution in [3.05, 3.63) is 78.5 Å². The first kappa shape index (κ1) is 16.5. The molecule has 2 aromatic heterocycles. The molecule has 7 heteroatoms. The van der Waals surface area contributed by atoms with Crippen molar-refractivity contribution in [1.82, 2.24) is 14.5 Å². The zero-order valence-electron chi connectivity index (χ0n) is 13.1. The molecule has 0 aliphatic heterocycles. The molecule has 3 aromatic rings. The maximum atomic E-state index is 12.3. The van der Waals surface area contributed by atoms with Gasteiger partial charge >= 0.3 is 0 Å². The highest BCUT2D eigenvalue weighted by Crippen LogP contribution is 2.17. The largest absolute Gasteiger partial charge is 0.467 e. The number of aromatic nitrogens is 2. The molecule has 0 bridgehead atoms. The van der Waals surface area contributed by atoms with Crippen LogP contribution in [0.5, 0.6) is 0 Å². The van der Waals surface area contributed by atoms with Gasteiger partial charge in [0.2, 0.25) is 10.0 Å². The van der Waals surface area contributed by atoms with Crippen LogP contribution >= 0.6 is 0 Å². The lowest BCUT2D eigenvalue weighted by Gasteiger charge is -2.16. The van der Waals surface area contributed by atoms with E-state index in [4.69, 9.17) is 4.42 Å². The first-order valence-electron chi connectivity index (χ1n) is 7.68. The molecule has 1 aromatic carbocycles.